The van der Waals surface area contributed by atoms with E-state index in [0.717, 1.165) is 16.6 Å². The molecular formula is C24H30N6O2. The van der Waals surface area contributed by atoms with Gasteiger partial charge in [0.1, 0.15) is 0 Å². The van der Waals surface area contributed by atoms with Gasteiger partial charge >= 0.3 is 0 Å². The standard InChI is InChI=1S/C24H30N6O2/c1-24(2,3)27-21(31)17-28-9-11-29(12-10-28)23(32)20-13-19-15-26-30(22(19)25-14-20)16-18-7-5-4-6-8-18/h4-8,13-15H,9-12,16-17H2,1-3H3,(H,27,31). The van der Waals surface area contributed by atoms with E-state index in [-0.39, 0.29) is 17.4 Å². The fourth-order valence-corrected chi connectivity index (χ4v) is 3.91. The predicted octanol–water partition coefficient (Wildman–Crippen LogP) is 2.15. The number of amides is 2. The minimum Gasteiger partial charge on any atom is -0.350 e. The predicted molar refractivity (Wildman–Crippen MR) is 123 cm³/mol. The van der Waals surface area contributed by atoms with Crippen LogP contribution in [-0.4, -0.2) is 74.6 Å². The molecule has 1 aliphatic heterocycles. The number of nitrogens with one attached hydrogen (secondary N) is 1. The van der Waals surface area contributed by atoms with Crippen molar-refractivity contribution in [2.24, 2.45) is 0 Å². The maximum absolute atomic E-state index is 13.0. The zero-order valence-electron chi connectivity index (χ0n) is 18.9. The first kappa shape index (κ1) is 22.0. The quantitative estimate of drug-likeness (QED) is 0.665. The monoisotopic (exact) mass is 434 g/mol. The lowest BCUT2D eigenvalue weighted by Crippen LogP contribution is -2.52. The van der Waals surface area contributed by atoms with Gasteiger partial charge in [-0.15, -0.1) is 0 Å². The zero-order valence-corrected chi connectivity index (χ0v) is 18.9. The largest absolute Gasteiger partial charge is 0.350 e. The topological polar surface area (TPSA) is 83.4 Å². The Morgan fingerprint density at radius 2 is 1.75 bits per heavy atom. The molecular weight excluding hydrogens is 404 g/mol. The summed E-state index contributed by atoms with van der Waals surface area (Å²) in [5.41, 5.74) is 2.24. The fraction of sp³-hybridized carbons (Fsp3) is 0.417. The van der Waals surface area contributed by atoms with E-state index in [0.29, 0.717) is 44.8 Å². The summed E-state index contributed by atoms with van der Waals surface area (Å²) >= 11 is 0. The molecule has 8 nitrogen and oxygen atoms in total. The molecule has 4 rings (SSSR count). The molecule has 0 radical (unpaired) electrons. The molecule has 0 unspecified atom stereocenters. The summed E-state index contributed by atoms with van der Waals surface area (Å²) in [4.78, 5) is 33.6. The van der Waals surface area contributed by atoms with Gasteiger partial charge in [-0.25, -0.2) is 9.67 Å². The van der Waals surface area contributed by atoms with Crippen molar-refractivity contribution in [3.8, 4) is 0 Å². The van der Waals surface area contributed by atoms with Crippen molar-refractivity contribution in [1.82, 2.24) is 29.9 Å². The average molecular weight is 435 g/mol. The number of carbonyl (C=O) groups excluding carboxylic acids is 2. The number of fused-ring (bicyclic) bond motifs is 1. The lowest BCUT2D eigenvalue weighted by Gasteiger charge is -2.34. The van der Waals surface area contributed by atoms with Crippen LogP contribution >= 0.6 is 0 Å². The number of hydrogen-bond donors (Lipinski definition) is 1. The van der Waals surface area contributed by atoms with Gasteiger partial charge in [-0.1, -0.05) is 30.3 Å². The maximum Gasteiger partial charge on any atom is 0.255 e. The summed E-state index contributed by atoms with van der Waals surface area (Å²) in [6.07, 6.45) is 3.39. The zero-order chi connectivity index (χ0) is 22.7. The number of pyridine rings is 1. The van der Waals surface area contributed by atoms with Gasteiger partial charge in [0.15, 0.2) is 5.65 Å². The summed E-state index contributed by atoms with van der Waals surface area (Å²) in [7, 11) is 0. The molecule has 1 aromatic carbocycles. The molecule has 3 heterocycles. The van der Waals surface area contributed by atoms with Crippen molar-refractivity contribution < 1.29 is 9.59 Å². The number of piperazine rings is 1. The van der Waals surface area contributed by atoms with Crippen LogP contribution in [0, 0.1) is 0 Å². The van der Waals surface area contributed by atoms with Crippen LogP contribution in [0.5, 0.6) is 0 Å². The molecule has 2 amide bonds. The van der Waals surface area contributed by atoms with Crippen LogP contribution < -0.4 is 5.32 Å². The molecule has 1 saturated heterocycles. The Hall–Kier alpha value is -3.26. The van der Waals surface area contributed by atoms with Crippen LogP contribution in [0.1, 0.15) is 36.7 Å². The molecule has 32 heavy (non-hydrogen) atoms. The number of aromatic nitrogens is 3. The number of rotatable bonds is 5. The van der Waals surface area contributed by atoms with Gasteiger partial charge in [0.2, 0.25) is 5.91 Å². The first-order chi connectivity index (χ1) is 15.3. The second-order valence-corrected chi connectivity index (χ2v) is 9.29. The molecule has 8 heteroatoms. The Morgan fingerprint density at radius 3 is 2.44 bits per heavy atom. The first-order valence-electron chi connectivity index (χ1n) is 11.0. The molecule has 0 atom stereocenters. The third kappa shape index (κ3) is 5.31. The minimum atomic E-state index is -0.241. The Kier molecular flexibility index (Phi) is 6.23. The molecule has 1 aliphatic rings. The number of nitrogens with zero attached hydrogens (tertiary/aromatic N) is 5. The molecule has 168 valence electrons. The number of hydrogen-bond acceptors (Lipinski definition) is 5. The van der Waals surface area contributed by atoms with E-state index >= 15 is 0 Å². The van der Waals surface area contributed by atoms with Gasteiger partial charge < -0.3 is 10.2 Å². The smallest absolute Gasteiger partial charge is 0.255 e. The molecule has 1 fully saturated rings. The lowest BCUT2D eigenvalue weighted by molar-refractivity contribution is -0.124. The highest BCUT2D eigenvalue weighted by Crippen LogP contribution is 2.17. The van der Waals surface area contributed by atoms with Gasteiger partial charge in [0.25, 0.3) is 5.91 Å². The van der Waals surface area contributed by atoms with Crippen LogP contribution in [0.4, 0.5) is 0 Å². The minimum absolute atomic E-state index is 0.0134. The van der Waals surface area contributed by atoms with E-state index in [4.69, 9.17) is 0 Å². The summed E-state index contributed by atoms with van der Waals surface area (Å²) < 4.78 is 1.85. The molecule has 0 bridgehead atoms. The molecule has 2 aromatic heterocycles. The molecule has 0 saturated carbocycles. The van der Waals surface area contributed by atoms with Gasteiger partial charge in [0.05, 0.1) is 24.8 Å². The van der Waals surface area contributed by atoms with Crippen molar-refractivity contribution in [2.75, 3.05) is 32.7 Å². The van der Waals surface area contributed by atoms with Gasteiger partial charge in [-0.3, -0.25) is 14.5 Å². The first-order valence-corrected chi connectivity index (χ1v) is 11.0. The van der Waals surface area contributed by atoms with Crippen LogP contribution in [0.15, 0.2) is 48.8 Å². The van der Waals surface area contributed by atoms with E-state index in [1.54, 1.807) is 12.4 Å². The van der Waals surface area contributed by atoms with Crippen LogP contribution in [0.2, 0.25) is 0 Å². The molecule has 0 spiro atoms. The molecule has 3 aromatic rings. The normalized spacial score (nSPS) is 15.2. The third-order valence-corrected chi connectivity index (χ3v) is 5.44. The van der Waals surface area contributed by atoms with Crippen molar-refractivity contribution in [1.29, 1.82) is 0 Å². The lowest BCUT2D eigenvalue weighted by atomic mass is 10.1. The second kappa shape index (κ2) is 9.08. The number of carbonyl (C=O) groups is 2. The molecule has 0 aliphatic carbocycles. The van der Waals surface area contributed by atoms with Gasteiger partial charge in [-0.2, -0.15) is 5.10 Å². The van der Waals surface area contributed by atoms with Crippen molar-refractivity contribution in [2.45, 2.75) is 32.9 Å². The Balaban J connectivity index is 1.37. The number of benzene rings is 1. The van der Waals surface area contributed by atoms with Crippen molar-refractivity contribution in [3.63, 3.8) is 0 Å². The fourth-order valence-electron chi connectivity index (χ4n) is 3.91. The summed E-state index contributed by atoms with van der Waals surface area (Å²) in [5.74, 6) is -0.0200. The Labute approximate surface area is 188 Å². The molecule has 1 N–H and O–H groups in total. The van der Waals surface area contributed by atoms with Gasteiger partial charge in [0, 0.05) is 43.3 Å². The second-order valence-electron chi connectivity index (χ2n) is 9.29. The SMILES string of the molecule is CC(C)(C)NC(=O)CN1CCN(C(=O)c2cnc3c(cnn3Cc3ccccc3)c2)CC1. The Bertz CT molecular complexity index is 1090. The highest BCUT2D eigenvalue weighted by molar-refractivity contribution is 5.97. The van der Waals surface area contributed by atoms with E-state index in [2.05, 4.69) is 32.4 Å². The highest BCUT2D eigenvalue weighted by atomic mass is 16.2. The maximum atomic E-state index is 13.0. The van der Waals surface area contributed by atoms with Crippen molar-refractivity contribution in [3.05, 3.63) is 59.9 Å². The average Bonchev–Trinajstić information content (AvgIpc) is 3.15. The van der Waals surface area contributed by atoms with E-state index in [1.807, 2.05) is 54.6 Å². The summed E-state index contributed by atoms with van der Waals surface area (Å²) in [5, 5.41) is 8.29. The van der Waals surface area contributed by atoms with E-state index in [1.165, 1.54) is 0 Å². The van der Waals surface area contributed by atoms with E-state index in [9.17, 15) is 9.59 Å². The third-order valence-electron chi connectivity index (χ3n) is 5.44. The summed E-state index contributed by atoms with van der Waals surface area (Å²) in [6.45, 7) is 9.43. The summed E-state index contributed by atoms with van der Waals surface area (Å²) in [6, 6.07) is 12.0. The Morgan fingerprint density at radius 1 is 1.03 bits per heavy atom. The van der Waals surface area contributed by atoms with Crippen LogP contribution in [0.3, 0.4) is 0 Å². The van der Waals surface area contributed by atoms with Crippen LogP contribution in [-0.2, 0) is 11.3 Å². The van der Waals surface area contributed by atoms with E-state index < -0.39 is 0 Å². The van der Waals surface area contributed by atoms with Gasteiger partial charge in [-0.05, 0) is 32.4 Å². The van der Waals surface area contributed by atoms with Crippen LogP contribution in [0.25, 0.3) is 11.0 Å². The highest BCUT2D eigenvalue weighted by Gasteiger charge is 2.25. The van der Waals surface area contributed by atoms with Crippen molar-refractivity contribution >= 4 is 22.8 Å².